The molecule has 1 amide bonds. The van der Waals surface area contributed by atoms with Crippen LogP contribution in [0.4, 0.5) is 0 Å². The zero-order chi connectivity index (χ0) is 57.7. The number of nitrogens with one attached hydrogen (secondary N) is 1. The molecule has 0 saturated heterocycles. The lowest BCUT2D eigenvalue weighted by atomic mass is 10.0. The van der Waals surface area contributed by atoms with Crippen molar-refractivity contribution in [3.05, 3.63) is 24.3 Å². The molecule has 470 valence electrons. The third-order valence-corrected chi connectivity index (χ3v) is 17.4. The molecule has 8 nitrogen and oxygen atoms in total. The molecule has 0 bridgehead atoms. The van der Waals surface area contributed by atoms with Crippen LogP contribution in [0.3, 0.4) is 0 Å². The number of carbonyl (C=O) groups is 1. The quantitative estimate of drug-likeness (QED) is 0.0243. The highest BCUT2D eigenvalue weighted by Gasteiger charge is 2.28. The first kappa shape index (κ1) is 78.0. The summed E-state index contributed by atoms with van der Waals surface area (Å²) in [5.41, 5.74) is 0. The second kappa shape index (κ2) is 61.5. The molecular weight excluding hydrogens is 996 g/mol. The number of amides is 1. The van der Waals surface area contributed by atoms with E-state index in [0.717, 1.165) is 38.5 Å². The lowest BCUT2D eigenvalue weighted by molar-refractivity contribution is -0.870. The minimum Gasteiger partial charge on any atom is -0.387 e. The minimum absolute atomic E-state index is 0.0591. The molecule has 0 spiro atoms. The number of rotatable bonds is 66. The number of aliphatic hydroxyl groups is 1. The number of likely N-dealkylation sites (N-methyl/N-ethyl adjacent to an activating group) is 1. The summed E-state index contributed by atoms with van der Waals surface area (Å²) in [5.74, 6) is -0.178. The highest BCUT2D eigenvalue weighted by Crippen LogP contribution is 2.43. The van der Waals surface area contributed by atoms with E-state index >= 15 is 0 Å². The molecule has 0 aromatic rings. The van der Waals surface area contributed by atoms with Crippen molar-refractivity contribution in [2.75, 3.05) is 40.9 Å². The van der Waals surface area contributed by atoms with Crippen LogP contribution >= 0.6 is 7.82 Å². The Bertz CT molecular complexity index is 1340. The third kappa shape index (κ3) is 64.4. The smallest absolute Gasteiger partial charge is 0.387 e. The van der Waals surface area contributed by atoms with Gasteiger partial charge in [0.1, 0.15) is 13.2 Å². The van der Waals surface area contributed by atoms with Crippen LogP contribution in [0.25, 0.3) is 0 Å². The molecular formula is C70H140N2O6P+. The number of unbranched alkanes of at least 4 members (excludes halogenated alkanes) is 51. The Morgan fingerprint density at radius 2 is 0.696 bits per heavy atom. The Morgan fingerprint density at radius 3 is 1.01 bits per heavy atom. The molecule has 0 heterocycles. The van der Waals surface area contributed by atoms with Crippen LogP contribution in [0.5, 0.6) is 0 Å². The number of nitrogens with zero attached hydrogens (tertiary/aromatic N) is 1. The lowest BCUT2D eigenvalue weighted by Crippen LogP contribution is -2.45. The van der Waals surface area contributed by atoms with Gasteiger partial charge in [-0.05, 0) is 32.1 Å². The molecule has 0 aromatic heterocycles. The van der Waals surface area contributed by atoms with Gasteiger partial charge in [0.05, 0.1) is 39.9 Å². The Labute approximate surface area is 494 Å². The Balaban J connectivity index is 4.07. The number of phosphoric acid groups is 1. The van der Waals surface area contributed by atoms with Crippen molar-refractivity contribution >= 4 is 13.7 Å². The fourth-order valence-corrected chi connectivity index (χ4v) is 11.7. The minimum atomic E-state index is -4.36. The van der Waals surface area contributed by atoms with E-state index in [2.05, 4.69) is 31.3 Å². The van der Waals surface area contributed by atoms with Crippen molar-refractivity contribution in [1.29, 1.82) is 0 Å². The maximum Gasteiger partial charge on any atom is 0.472 e. The molecule has 0 aliphatic carbocycles. The summed E-state index contributed by atoms with van der Waals surface area (Å²) >= 11 is 0. The fourth-order valence-electron chi connectivity index (χ4n) is 10.9. The van der Waals surface area contributed by atoms with Gasteiger partial charge in [0, 0.05) is 6.42 Å². The molecule has 0 aliphatic rings. The Hall–Kier alpha value is -1.02. The second-order valence-electron chi connectivity index (χ2n) is 25.6. The molecule has 9 heteroatoms. The predicted molar refractivity (Wildman–Crippen MR) is 346 cm³/mol. The summed E-state index contributed by atoms with van der Waals surface area (Å²) < 4.78 is 23.8. The number of hydrogen-bond donors (Lipinski definition) is 3. The SMILES string of the molecule is CCCCCCCCCCCCCCCCCCCCCCCCCC/C=C/CC/C=C/C(O)C(COP(=O)(O)OCC[N+](C)(C)C)NC(=O)CCCCCCCCCCCCCCCCCCCCCCCCCCCCC. The first-order valence-electron chi connectivity index (χ1n) is 35.2. The van der Waals surface area contributed by atoms with Crippen LogP contribution < -0.4 is 5.32 Å². The van der Waals surface area contributed by atoms with Crippen LogP contribution in [0.2, 0.25) is 0 Å². The first-order chi connectivity index (χ1) is 38.5. The molecule has 0 aliphatic heterocycles. The number of quaternary nitrogens is 1. The monoisotopic (exact) mass is 1140 g/mol. The van der Waals surface area contributed by atoms with Crippen LogP contribution in [-0.4, -0.2) is 73.4 Å². The molecule has 0 aromatic carbocycles. The molecule has 79 heavy (non-hydrogen) atoms. The number of carbonyl (C=O) groups excluding carboxylic acids is 1. The summed E-state index contributed by atoms with van der Waals surface area (Å²) in [6, 6.07) is -0.862. The van der Waals surface area contributed by atoms with E-state index in [1.54, 1.807) is 6.08 Å². The van der Waals surface area contributed by atoms with Gasteiger partial charge in [0.15, 0.2) is 0 Å². The number of hydrogen-bond acceptors (Lipinski definition) is 5. The maximum absolute atomic E-state index is 13.0. The van der Waals surface area contributed by atoms with E-state index in [4.69, 9.17) is 9.05 Å². The van der Waals surface area contributed by atoms with E-state index in [1.165, 1.54) is 308 Å². The molecule has 0 fully saturated rings. The normalized spacial score (nSPS) is 13.8. The van der Waals surface area contributed by atoms with E-state index in [1.807, 2.05) is 27.2 Å². The van der Waals surface area contributed by atoms with Gasteiger partial charge < -0.3 is 19.8 Å². The molecule has 0 rings (SSSR count). The van der Waals surface area contributed by atoms with Crippen LogP contribution in [0.15, 0.2) is 24.3 Å². The average molecular weight is 1140 g/mol. The van der Waals surface area contributed by atoms with Gasteiger partial charge in [-0.1, -0.05) is 353 Å². The molecule has 0 saturated carbocycles. The highest BCUT2D eigenvalue weighted by atomic mass is 31.2. The predicted octanol–water partition coefficient (Wildman–Crippen LogP) is 22.3. The Kier molecular flexibility index (Phi) is 60.7. The van der Waals surface area contributed by atoms with E-state index in [-0.39, 0.29) is 19.1 Å². The average Bonchev–Trinajstić information content (AvgIpc) is 3.42. The second-order valence-corrected chi connectivity index (χ2v) is 27.1. The van der Waals surface area contributed by atoms with Gasteiger partial charge >= 0.3 is 7.82 Å². The summed E-state index contributed by atoms with van der Waals surface area (Å²) in [4.78, 5) is 23.4. The van der Waals surface area contributed by atoms with Crippen molar-refractivity contribution in [1.82, 2.24) is 5.32 Å². The van der Waals surface area contributed by atoms with Crippen molar-refractivity contribution in [3.8, 4) is 0 Å². The number of allylic oxidation sites excluding steroid dienone is 3. The van der Waals surface area contributed by atoms with E-state index in [0.29, 0.717) is 17.4 Å². The lowest BCUT2D eigenvalue weighted by Gasteiger charge is -2.25. The van der Waals surface area contributed by atoms with Gasteiger partial charge in [-0.15, -0.1) is 0 Å². The van der Waals surface area contributed by atoms with E-state index < -0.39 is 20.0 Å². The van der Waals surface area contributed by atoms with Crippen LogP contribution in [-0.2, 0) is 18.4 Å². The topological polar surface area (TPSA) is 105 Å². The van der Waals surface area contributed by atoms with E-state index in [9.17, 15) is 19.4 Å². The third-order valence-electron chi connectivity index (χ3n) is 16.4. The first-order valence-corrected chi connectivity index (χ1v) is 36.7. The van der Waals surface area contributed by atoms with Gasteiger partial charge in [-0.2, -0.15) is 0 Å². The summed E-state index contributed by atoms with van der Waals surface area (Å²) in [6.45, 7) is 4.86. The molecule has 3 unspecified atom stereocenters. The van der Waals surface area contributed by atoms with Crippen molar-refractivity contribution in [2.45, 2.75) is 379 Å². The highest BCUT2D eigenvalue weighted by molar-refractivity contribution is 7.47. The van der Waals surface area contributed by atoms with Gasteiger partial charge in [0.25, 0.3) is 0 Å². The zero-order valence-electron chi connectivity index (χ0n) is 53.9. The summed E-state index contributed by atoms with van der Waals surface area (Å²) in [7, 11) is 1.57. The maximum atomic E-state index is 13.0. The van der Waals surface area contributed by atoms with Crippen LogP contribution in [0, 0.1) is 0 Å². The fraction of sp³-hybridized carbons (Fsp3) is 0.929. The van der Waals surface area contributed by atoms with Crippen molar-refractivity contribution in [3.63, 3.8) is 0 Å². The molecule has 0 radical (unpaired) electrons. The van der Waals surface area contributed by atoms with Crippen molar-refractivity contribution < 1.29 is 32.9 Å². The Morgan fingerprint density at radius 1 is 0.418 bits per heavy atom. The number of phosphoric ester groups is 1. The van der Waals surface area contributed by atoms with Crippen LogP contribution in [0.1, 0.15) is 367 Å². The molecule has 3 N–H and O–H groups in total. The number of aliphatic hydroxyl groups excluding tert-OH is 1. The van der Waals surface area contributed by atoms with Crippen molar-refractivity contribution in [2.24, 2.45) is 0 Å². The van der Waals surface area contributed by atoms with Gasteiger partial charge in [-0.3, -0.25) is 13.8 Å². The van der Waals surface area contributed by atoms with Gasteiger partial charge in [-0.25, -0.2) is 4.57 Å². The summed E-state index contributed by atoms with van der Waals surface area (Å²) in [5, 5.41) is 14.0. The zero-order valence-corrected chi connectivity index (χ0v) is 54.8. The molecule has 3 atom stereocenters. The van der Waals surface area contributed by atoms with Gasteiger partial charge in [0.2, 0.25) is 5.91 Å². The summed E-state index contributed by atoms with van der Waals surface area (Å²) in [6.07, 6.45) is 80.5. The standard InChI is InChI=1S/C70H139N2O6P/c1-6-8-10-12-14-16-18-20-22-24-26-28-30-32-34-35-36-38-39-41-43-45-47-49-51-53-55-57-59-61-63-69(73)68(67-78-79(75,76)77-66-65-72(3,4)5)71-70(74)64-62-60-58-56-54-52-50-48-46-44-42-40-37-33-31-29-27-25-23-21-19-17-15-13-11-9-7-2/h53,55,61,63,68-69,73H,6-52,54,56-60,62,64-67H2,1-5H3,(H-,71,74,75,76)/p+1/b55-53+,63-61+. The largest absolute Gasteiger partial charge is 0.472 e.